The number of hydrogen-bond donors (Lipinski definition) is 1. The van der Waals surface area contributed by atoms with Crippen LogP contribution in [0.15, 0.2) is 24.3 Å². The molecule has 1 aliphatic heterocycles. The SMILES string of the molecule is CC(=O)Nc1cccc(OC(=O)CCN2C(=O)[C@H]3CCCC[C@H]3C2=O)c1. The molecule has 2 aliphatic rings. The normalized spacial score (nSPS) is 22.1. The minimum atomic E-state index is -0.527. The Kier molecular flexibility index (Phi) is 5.35. The van der Waals surface area contributed by atoms with Gasteiger partial charge in [0.05, 0.1) is 18.3 Å². The molecule has 1 aromatic carbocycles. The molecule has 1 saturated carbocycles. The first-order valence-electron chi connectivity index (χ1n) is 8.89. The fourth-order valence-corrected chi connectivity index (χ4v) is 3.68. The van der Waals surface area contributed by atoms with Gasteiger partial charge in [-0.1, -0.05) is 18.9 Å². The molecule has 0 radical (unpaired) electrons. The maximum atomic E-state index is 12.4. The van der Waals surface area contributed by atoms with Gasteiger partial charge in [0.25, 0.3) is 0 Å². The van der Waals surface area contributed by atoms with E-state index in [-0.39, 0.29) is 42.5 Å². The van der Waals surface area contributed by atoms with Crippen LogP contribution in [-0.2, 0) is 19.2 Å². The zero-order chi connectivity index (χ0) is 18.7. The van der Waals surface area contributed by atoms with E-state index in [0.717, 1.165) is 25.7 Å². The third kappa shape index (κ3) is 3.92. The molecule has 1 aromatic rings. The van der Waals surface area contributed by atoms with Gasteiger partial charge in [-0.3, -0.25) is 24.1 Å². The number of imide groups is 1. The highest BCUT2D eigenvalue weighted by Gasteiger charge is 2.47. The third-order valence-corrected chi connectivity index (χ3v) is 4.86. The van der Waals surface area contributed by atoms with Crippen molar-refractivity contribution in [3.63, 3.8) is 0 Å². The highest BCUT2D eigenvalue weighted by atomic mass is 16.5. The summed E-state index contributed by atoms with van der Waals surface area (Å²) in [4.78, 5) is 49.1. The average Bonchev–Trinajstić information content (AvgIpc) is 2.84. The maximum Gasteiger partial charge on any atom is 0.312 e. The van der Waals surface area contributed by atoms with Gasteiger partial charge in [-0.05, 0) is 25.0 Å². The van der Waals surface area contributed by atoms with E-state index in [0.29, 0.717) is 11.4 Å². The second-order valence-electron chi connectivity index (χ2n) is 6.76. The molecule has 3 amide bonds. The Labute approximate surface area is 151 Å². The molecule has 1 N–H and O–H groups in total. The molecule has 0 aromatic heterocycles. The maximum absolute atomic E-state index is 12.4. The van der Waals surface area contributed by atoms with Crippen LogP contribution in [0.1, 0.15) is 39.0 Å². The number of anilines is 1. The molecule has 138 valence electrons. The molecule has 7 nitrogen and oxygen atoms in total. The molecule has 1 heterocycles. The van der Waals surface area contributed by atoms with Crippen LogP contribution in [-0.4, -0.2) is 35.1 Å². The Morgan fingerprint density at radius 3 is 2.42 bits per heavy atom. The van der Waals surface area contributed by atoms with Gasteiger partial charge in [0.1, 0.15) is 5.75 Å². The van der Waals surface area contributed by atoms with E-state index in [9.17, 15) is 19.2 Å². The molecule has 1 saturated heterocycles. The van der Waals surface area contributed by atoms with Crippen LogP contribution in [0, 0.1) is 11.8 Å². The number of nitrogens with one attached hydrogen (secondary N) is 1. The fourth-order valence-electron chi connectivity index (χ4n) is 3.68. The summed E-state index contributed by atoms with van der Waals surface area (Å²) in [5, 5.41) is 2.61. The molecule has 0 bridgehead atoms. The molecule has 0 unspecified atom stereocenters. The van der Waals surface area contributed by atoms with Crippen LogP contribution in [0.4, 0.5) is 5.69 Å². The van der Waals surface area contributed by atoms with E-state index >= 15 is 0 Å². The first-order valence-corrected chi connectivity index (χ1v) is 8.89. The van der Waals surface area contributed by atoms with Crippen molar-refractivity contribution in [2.24, 2.45) is 11.8 Å². The Morgan fingerprint density at radius 2 is 1.81 bits per heavy atom. The Balaban J connectivity index is 1.55. The van der Waals surface area contributed by atoms with Crippen molar-refractivity contribution in [1.82, 2.24) is 4.90 Å². The topological polar surface area (TPSA) is 92.8 Å². The minimum absolute atomic E-state index is 0.0505. The quantitative estimate of drug-likeness (QED) is 0.494. The lowest BCUT2D eigenvalue weighted by atomic mass is 9.81. The molecule has 2 atom stereocenters. The van der Waals surface area contributed by atoms with E-state index in [1.54, 1.807) is 24.3 Å². The van der Waals surface area contributed by atoms with Crippen molar-refractivity contribution in [3.05, 3.63) is 24.3 Å². The van der Waals surface area contributed by atoms with Crippen LogP contribution < -0.4 is 10.1 Å². The lowest BCUT2D eigenvalue weighted by molar-refractivity contribution is -0.141. The molecule has 3 rings (SSSR count). The summed E-state index contributed by atoms with van der Waals surface area (Å²) in [5.74, 6) is -1.17. The molecular weight excluding hydrogens is 336 g/mol. The van der Waals surface area contributed by atoms with Gasteiger partial charge in [0.15, 0.2) is 0 Å². The van der Waals surface area contributed by atoms with Crippen LogP contribution >= 0.6 is 0 Å². The smallest absolute Gasteiger partial charge is 0.312 e. The molecule has 7 heteroatoms. The first-order chi connectivity index (χ1) is 12.5. The summed E-state index contributed by atoms with van der Waals surface area (Å²) < 4.78 is 5.25. The second kappa shape index (κ2) is 7.68. The van der Waals surface area contributed by atoms with E-state index in [1.807, 2.05) is 0 Å². The fraction of sp³-hybridized carbons (Fsp3) is 0.474. The number of likely N-dealkylation sites (tertiary alicyclic amines) is 1. The number of carbonyl (C=O) groups is 4. The van der Waals surface area contributed by atoms with Crippen LogP contribution in [0.25, 0.3) is 0 Å². The zero-order valence-electron chi connectivity index (χ0n) is 14.7. The van der Waals surface area contributed by atoms with Gasteiger partial charge < -0.3 is 10.1 Å². The molecule has 1 aliphatic carbocycles. The van der Waals surface area contributed by atoms with Gasteiger partial charge in [-0.2, -0.15) is 0 Å². The monoisotopic (exact) mass is 358 g/mol. The van der Waals surface area contributed by atoms with Crippen molar-refractivity contribution in [2.75, 3.05) is 11.9 Å². The van der Waals surface area contributed by atoms with E-state index in [1.165, 1.54) is 11.8 Å². The lowest BCUT2D eigenvalue weighted by Crippen LogP contribution is -2.33. The number of ether oxygens (including phenoxy) is 1. The Hall–Kier alpha value is -2.70. The third-order valence-electron chi connectivity index (χ3n) is 4.86. The predicted octanol–water partition coefficient (Wildman–Crippen LogP) is 2.12. The largest absolute Gasteiger partial charge is 0.426 e. The molecule has 26 heavy (non-hydrogen) atoms. The number of fused-ring (bicyclic) bond motifs is 1. The highest BCUT2D eigenvalue weighted by molar-refractivity contribution is 6.05. The summed E-state index contributed by atoms with van der Waals surface area (Å²) in [6.07, 6.45) is 3.40. The molecule has 2 fully saturated rings. The average molecular weight is 358 g/mol. The summed E-state index contributed by atoms with van der Waals surface area (Å²) >= 11 is 0. The Bertz CT molecular complexity index is 721. The first kappa shape index (κ1) is 18.1. The number of benzene rings is 1. The van der Waals surface area contributed by atoms with Crippen LogP contribution in [0.5, 0.6) is 5.75 Å². The van der Waals surface area contributed by atoms with Gasteiger partial charge in [0, 0.05) is 25.2 Å². The van der Waals surface area contributed by atoms with Crippen molar-refractivity contribution in [2.45, 2.75) is 39.0 Å². The number of carbonyl (C=O) groups excluding carboxylic acids is 4. The van der Waals surface area contributed by atoms with Crippen LogP contribution in [0.3, 0.4) is 0 Å². The van der Waals surface area contributed by atoms with Crippen molar-refractivity contribution in [1.29, 1.82) is 0 Å². The summed E-state index contributed by atoms with van der Waals surface area (Å²) in [7, 11) is 0. The van der Waals surface area contributed by atoms with Crippen molar-refractivity contribution >= 4 is 29.4 Å². The standard InChI is InChI=1S/C19H22N2O5/c1-12(22)20-13-5-4-6-14(11-13)26-17(23)9-10-21-18(24)15-7-2-3-8-16(15)19(21)25/h4-6,11,15-16H,2-3,7-10H2,1H3,(H,20,22)/t15-,16+. The number of esters is 1. The van der Waals surface area contributed by atoms with Gasteiger partial charge in [-0.15, -0.1) is 0 Å². The van der Waals surface area contributed by atoms with E-state index in [4.69, 9.17) is 4.74 Å². The molecular formula is C19H22N2O5. The van der Waals surface area contributed by atoms with Crippen molar-refractivity contribution < 1.29 is 23.9 Å². The second-order valence-corrected chi connectivity index (χ2v) is 6.76. The predicted molar refractivity (Wildman–Crippen MR) is 93.2 cm³/mol. The summed E-state index contributed by atoms with van der Waals surface area (Å²) in [5.41, 5.74) is 0.525. The van der Waals surface area contributed by atoms with Gasteiger partial charge in [0.2, 0.25) is 17.7 Å². The van der Waals surface area contributed by atoms with Gasteiger partial charge >= 0.3 is 5.97 Å². The number of amides is 3. The highest BCUT2D eigenvalue weighted by Crippen LogP contribution is 2.38. The summed E-state index contributed by atoms with van der Waals surface area (Å²) in [6, 6.07) is 6.48. The number of nitrogens with zero attached hydrogens (tertiary/aromatic N) is 1. The summed E-state index contributed by atoms with van der Waals surface area (Å²) in [6.45, 7) is 1.44. The van der Waals surface area contributed by atoms with Crippen LogP contribution in [0.2, 0.25) is 0 Å². The Morgan fingerprint density at radius 1 is 1.15 bits per heavy atom. The zero-order valence-corrected chi connectivity index (χ0v) is 14.7. The molecule has 0 spiro atoms. The number of hydrogen-bond acceptors (Lipinski definition) is 5. The minimum Gasteiger partial charge on any atom is -0.426 e. The lowest BCUT2D eigenvalue weighted by Gasteiger charge is -2.19. The van der Waals surface area contributed by atoms with Crippen molar-refractivity contribution in [3.8, 4) is 5.75 Å². The van der Waals surface area contributed by atoms with E-state index in [2.05, 4.69) is 5.32 Å². The van der Waals surface area contributed by atoms with Gasteiger partial charge in [-0.25, -0.2) is 0 Å². The number of rotatable bonds is 5. The van der Waals surface area contributed by atoms with E-state index < -0.39 is 5.97 Å².